The van der Waals surface area contributed by atoms with Gasteiger partial charge in [0.05, 0.1) is 11.5 Å². The van der Waals surface area contributed by atoms with Crippen molar-refractivity contribution in [1.82, 2.24) is 10.6 Å². The zero-order valence-corrected chi connectivity index (χ0v) is 16.7. The number of carbonyl (C=O) groups excluding carboxylic acids is 2. The molecule has 0 heterocycles. The molecule has 29 heavy (non-hydrogen) atoms. The van der Waals surface area contributed by atoms with E-state index < -0.39 is 58.7 Å². The zero-order chi connectivity index (χ0) is 22.0. The second-order valence-electron chi connectivity index (χ2n) is 5.92. The van der Waals surface area contributed by atoms with Gasteiger partial charge in [-0.1, -0.05) is 25.1 Å². The molecule has 0 aromatic heterocycles. The number of carbonyl (C=O) groups is 2. The lowest BCUT2D eigenvalue weighted by Crippen LogP contribution is -2.42. The number of benzene rings is 1. The van der Waals surface area contributed by atoms with E-state index in [1.165, 1.54) is 31.3 Å². The summed E-state index contributed by atoms with van der Waals surface area (Å²) < 4.78 is 58.7. The summed E-state index contributed by atoms with van der Waals surface area (Å²) in [5, 5.41) is 14.4. The quantitative estimate of drug-likeness (QED) is 0.397. The minimum Gasteiger partial charge on any atom is -0.435 e. The van der Waals surface area contributed by atoms with Gasteiger partial charge in [0.2, 0.25) is 5.91 Å². The average molecular weight is 438 g/mol. The summed E-state index contributed by atoms with van der Waals surface area (Å²) in [5.74, 6) is -3.36. The first-order valence-electron chi connectivity index (χ1n) is 8.61. The van der Waals surface area contributed by atoms with Crippen LogP contribution in [0.15, 0.2) is 24.3 Å². The van der Waals surface area contributed by atoms with E-state index in [1.54, 1.807) is 6.92 Å². The number of amides is 2. The van der Waals surface area contributed by atoms with Crippen LogP contribution in [0.4, 0.5) is 8.78 Å². The number of aliphatic hydroxyl groups excluding tert-OH is 1. The van der Waals surface area contributed by atoms with Crippen molar-refractivity contribution in [2.24, 2.45) is 0 Å². The number of para-hydroxylation sites is 1. The van der Waals surface area contributed by atoms with Crippen molar-refractivity contribution in [3.8, 4) is 5.75 Å². The molecule has 0 aliphatic carbocycles. The standard InChI is InChI=1S/C17H24F2N2O7S/c1-3-13(16(24)20-2)27-10-21-15(23)12(22)9-29(25,26)8-11-6-4-5-7-14(11)28-17(18)19/h4-7,12-13,17,22H,3,8-10H2,1-2H3,(H,20,24)(H,21,23)/t12-,13-/m0/s1. The summed E-state index contributed by atoms with van der Waals surface area (Å²) in [6.07, 6.45) is -2.38. The van der Waals surface area contributed by atoms with Crippen LogP contribution in [0.2, 0.25) is 0 Å². The lowest BCUT2D eigenvalue weighted by Gasteiger charge is -2.16. The van der Waals surface area contributed by atoms with Crippen LogP contribution in [0, 0.1) is 0 Å². The second-order valence-corrected chi connectivity index (χ2v) is 8.03. The van der Waals surface area contributed by atoms with Crippen LogP contribution >= 0.6 is 0 Å². The maximum Gasteiger partial charge on any atom is 0.387 e. The summed E-state index contributed by atoms with van der Waals surface area (Å²) in [6, 6.07) is 5.33. The van der Waals surface area contributed by atoms with Crippen LogP contribution in [0.5, 0.6) is 5.75 Å². The molecule has 0 unspecified atom stereocenters. The number of hydrogen-bond donors (Lipinski definition) is 3. The summed E-state index contributed by atoms with van der Waals surface area (Å²) >= 11 is 0. The Morgan fingerprint density at radius 2 is 1.86 bits per heavy atom. The molecule has 0 aliphatic heterocycles. The van der Waals surface area contributed by atoms with Crippen LogP contribution in [0.1, 0.15) is 18.9 Å². The van der Waals surface area contributed by atoms with Crippen molar-refractivity contribution >= 4 is 21.7 Å². The first kappa shape index (κ1) is 24.7. The van der Waals surface area contributed by atoms with Crippen molar-refractivity contribution in [2.75, 3.05) is 19.5 Å². The number of nitrogens with one attached hydrogen (secondary N) is 2. The third-order valence-corrected chi connectivity index (χ3v) is 5.29. The molecule has 1 rings (SSSR count). The Bertz CT molecular complexity index is 790. The normalized spacial score (nSPS) is 13.6. The molecular weight excluding hydrogens is 414 g/mol. The molecule has 3 N–H and O–H groups in total. The van der Waals surface area contributed by atoms with Gasteiger partial charge in [0.15, 0.2) is 9.84 Å². The number of hydrogen-bond acceptors (Lipinski definition) is 7. The molecular formula is C17H24F2N2O7S. The number of likely N-dealkylation sites (N-methyl/N-ethyl adjacent to an activating group) is 1. The first-order chi connectivity index (χ1) is 13.6. The third kappa shape index (κ3) is 8.71. The molecule has 0 saturated heterocycles. The molecule has 0 fully saturated rings. The van der Waals surface area contributed by atoms with E-state index >= 15 is 0 Å². The van der Waals surface area contributed by atoms with E-state index in [1.807, 2.05) is 0 Å². The molecule has 9 nitrogen and oxygen atoms in total. The van der Waals surface area contributed by atoms with E-state index in [4.69, 9.17) is 4.74 Å². The van der Waals surface area contributed by atoms with E-state index in [9.17, 15) is 31.9 Å². The molecule has 0 aliphatic rings. The SMILES string of the molecule is CC[C@H](OCNC(=O)[C@@H](O)CS(=O)(=O)Cc1ccccc1OC(F)F)C(=O)NC. The molecule has 1 aromatic carbocycles. The lowest BCUT2D eigenvalue weighted by molar-refractivity contribution is -0.137. The highest BCUT2D eigenvalue weighted by atomic mass is 32.2. The van der Waals surface area contributed by atoms with Gasteiger partial charge in [-0.3, -0.25) is 9.59 Å². The molecule has 12 heteroatoms. The predicted molar refractivity (Wildman–Crippen MR) is 98.8 cm³/mol. The van der Waals surface area contributed by atoms with E-state index in [2.05, 4.69) is 15.4 Å². The maximum absolute atomic E-state index is 12.4. The van der Waals surface area contributed by atoms with Gasteiger partial charge in [-0.25, -0.2) is 8.42 Å². The molecule has 2 amide bonds. The molecule has 1 aromatic rings. The number of ether oxygens (including phenoxy) is 2. The molecule has 0 spiro atoms. The second kappa shape index (κ2) is 11.6. The molecule has 0 radical (unpaired) electrons. The summed E-state index contributed by atoms with van der Waals surface area (Å²) in [6.45, 7) is -1.84. The summed E-state index contributed by atoms with van der Waals surface area (Å²) in [4.78, 5) is 23.3. The van der Waals surface area contributed by atoms with Gasteiger partial charge < -0.3 is 25.2 Å². The Labute approximate surface area is 167 Å². The van der Waals surface area contributed by atoms with Gasteiger partial charge in [0, 0.05) is 12.6 Å². The fourth-order valence-electron chi connectivity index (χ4n) is 2.32. The maximum atomic E-state index is 12.4. The fourth-order valence-corrected chi connectivity index (χ4v) is 3.78. The van der Waals surface area contributed by atoms with Crippen LogP contribution in [-0.2, 0) is 29.9 Å². The Balaban J connectivity index is 2.63. The monoisotopic (exact) mass is 438 g/mol. The fraction of sp³-hybridized carbons (Fsp3) is 0.529. The minimum atomic E-state index is -4.04. The Morgan fingerprint density at radius 1 is 1.21 bits per heavy atom. The molecule has 164 valence electrons. The smallest absolute Gasteiger partial charge is 0.387 e. The Kier molecular flexibility index (Phi) is 9.92. The van der Waals surface area contributed by atoms with Crippen molar-refractivity contribution in [3.05, 3.63) is 29.8 Å². The number of alkyl halides is 2. The van der Waals surface area contributed by atoms with Gasteiger partial charge >= 0.3 is 6.61 Å². The van der Waals surface area contributed by atoms with E-state index in [0.29, 0.717) is 6.42 Å². The Hall–Kier alpha value is -2.31. The summed E-state index contributed by atoms with van der Waals surface area (Å²) in [5.41, 5.74) is -0.0277. The summed E-state index contributed by atoms with van der Waals surface area (Å²) in [7, 11) is -2.62. The van der Waals surface area contributed by atoms with Crippen molar-refractivity contribution in [1.29, 1.82) is 0 Å². The van der Waals surface area contributed by atoms with Crippen LogP contribution in [0.25, 0.3) is 0 Å². The van der Waals surface area contributed by atoms with Crippen LogP contribution < -0.4 is 15.4 Å². The molecule has 0 saturated carbocycles. The largest absolute Gasteiger partial charge is 0.435 e. The van der Waals surface area contributed by atoms with Gasteiger partial charge in [-0.05, 0) is 12.5 Å². The molecule has 0 bridgehead atoms. The molecule has 2 atom stereocenters. The highest BCUT2D eigenvalue weighted by Crippen LogP contribution is 2.22. The number of aliphatic hydroxyl groups is 1. The number of rotatable bonds is 12. The third-order valence-electron chi connectivity index (χ3n) is 3.72. The highest BCUT2D eigenvalue weighted by Gasteiger charge is 2.25. The van der Waals surface area contributed by atoms with Crippen molar-refractivity contribution < 1.29 is 41.4 Å². The van der Waals surface area contributed by atoms with Gasteiger partial charge in [0.25, 0.3) is 5.91 Å². The van der Waals surface area contributed by atoms with E-state index in [0.717, 1.165) is 0 Å². The van der Waals surface area contributed by atoms with Gasteiger partial charge in [-0.2, -0.15) is 8.78 Å². The predicted octanol–water partition coefficient (Wildman–Crippen LogP) is 0.179. The number of halogens is 2. The van der Waals surface area contributed by atoms with Crippen molar-refractivity contribution in [3.63, 3.8) is 0 Å². The first-order valence-corrected chi connectivity index (χ1v) is 10.4. The van der Waals surface area contributed by atoms with Gasteiger partial charge in [-0.15, -0.1) is 0 Å². The number of sulfone groups is 1. The Morgan fingerprint density at radius 3 is 2.45 bits per heavy atom. The topological polar surface area (TPSA) is 131 Å². The minimum absolute atomic E-state index is 0.0277. The lowest BCUT2D eigenvalue weighted by atomic mass is 10.2. The van der Waals surface area contributed by atoms with Gasteiger partial charge in [0.1, 0.15) is 24.7 Å². The van der Waals surface area contributed by atoms with Crippen LogP contribution in [-0.4, -0.2) is 63.7 Å². The van der Waals surface area contributed by atoms with Crippen LogP contribution in [0.3, 0.4) is 0 Å². The zero-order valence-electron chi connectivity index (χ0n) is 15.9. The van der Waals surface area contributed by atoms with E-state index in [-0.39, 0.29) is 11.3 Å². The average Bonchev–Trinajstić information content (AvgIpc) is 2.65. The highest BCUT2D eigenvalue weighted by molar-refractivity contribution is 7.90. The van der Waals surface area contributed by atoms with Crippen molar-refractivity contribution in [2.45, 2.75) is 37.9 Å².